The van der Waals surface area contributed by atoms with Crippen LogP contribution in [-0.4, -0.2) is 7.05 Å². The highest BCUT2D eigenvalue weighted by atomic mass is 32.1. The van der Waals surface area contributed by atoms with E-state index in [4.69, 9.17) is 0 Å². The molecule has 1 rings (SSSR count). The third-order valence-electron chi connectivity index (χ3n) is 1.64. The molecule has 1 heterocycles. The van der Waals surface area contributed by atoms with Crippen LogP contribution in [0.5, 0.6) is 0 Å². The zero-order valence-electron chi connectivity index (χ0n) is 6.71. The summed E-state index contributed by atoms with van der Waals surface area (Å²) in [7, 11) is 1.98. The highest BCUT2D eigenvalue weighted by molar-refractivity contribution is 7.10. The van der Waals surface area contributed by atoms with Crippen molar-refractivity contribution in [1.82, 2.24) is 5.32 Å². The lowest BCUT2D eigenvalue weighted by molar-refractivity contribution is 0.614. The number of thiophene rings is 1. The number of hydrogen-bond acceptors (Lipinski definition) is 2. The Hall–Kier alpha value is -0.600. The van der Waals surface area contributed by atoms with Crippen LogP contribution in [0.1, 0.15) is 17.3 Å². The van der Waals surface area contributed by atoms with Crippen LogP contribution in [0.25, 0.3) is 0 Å². The molecule has 1 N–H and O–H groups in total. The van der Waals surface area contributed by atoms with E-state index in [0.29, 0.717) is 6.04 Å². The van der Waals surface area contributed by atoms with Crippen molar-refractivity contribution in [2.45, 2.75) is 12.5 Å². The van der Waals surface area contributed by atoms with E-state index >= 15 is 0 Å². The third-order valence-corrected chi connectivity index (χ3v) is 2.62. The molecule has 60 valence electrons. The smallest absolute Gasteiger partial charge is 0.0447 e. The average Bonchev–Trinajstić information content (AvgIpc) is 2.52. The van der Waals surface area contributed by atoms with Crippen molar-refractivity contribution in [3.8, 4) is 0 Å². The standard InChI is InChI=1S/C9H13NS/c1-3-5-8(10-2)9-6-4-7-11-9/h3-4,6-8,10H,1,5H2,2H3. The molecular formula is C9H13NS. The van der Waals surface area contributed by atoms with Crippen LogP contribution in [0.4, 0.5) is 0 Å². The van der Waals surface area contributed by atoms with Crippen molar-refractivity contribution >= 4 is 11.3 Å². The van der Waals surface area contributed by atoms with Gasteiger partial charge in [0.15, 0.2) is 0 Å². The lowest BCUT2D eigenvalue weighted by Crippen LogP contribution is -2.13. The summed E-state index contributed by atoms with van der Waals surface area (Å²) in [6, 6.07) is 4.68. The fraction of sp³-hybridized carbons (Fsp3) is 0.333. The van der Waals surface area contributed by atoms with Gasteiger partial charge in [0.05, 0.1) is 0 Å². The summed E-state index contributed by atoms with van der Waals surface area (Å²) in [5.74, 6) is 0. The monoisotopic (exact) mass is 167 g/mol. The van der Waals surface area contributed by atoms with Crippen molar-refractivity contribution in [3.05, 3.63) is 35.0 Å². The Morgan fingerprint density at radius 1 is 1.82 bits per heavy atom. The number of nitrogens with one attached hydrogen (secondary N) is 1. The SMILES string of the molecule is C=CCC(NC)c1cccs1. The fourth-order valence-corrected chi connectivity index (χ4v) is 1.88. The number of rotatable bonds is 4. The predicted molar refractivity (Wildman–Crippen MR) is 50.9 cm³/mol. The fourth-order valence-electron chi connectivity index (χ4n) is 1.03. The van der Waals surface area contributed by atoms with Crippen molar-refractivity contribution in [3.63, 3.8) is 0 Å². The molecule has 0 amide bonds. The molecule has 0 aliphatic heterocycles. The molecule has 0 bridgehead atoms. The van der Waals surface area contributed by atoms with E-state index in [1.165, 1.54) is 4.88 Å². The maximum atomic E-state index is 3.72. The van der Waals surface area contributed by atoms with Crippen LogP contribution >= 0.6 is 11.3 Å². The molecule has 1 atom stereocenters. The largest absolute Gasteiger partial charge is 0.312 e. The second-order valence-electron chi connectivity index (χ2n) is 2.38. The summed E-state index contributed by atoms with van der Waals surface area (Å²) < 4.78 is 0. The number of hydrogen-bond donors (Lipinski definition) is 1. The normalized spacial score (nSPS) is 12.8. The van der Waals surface area contributed by atoms with Gasteiger partial charge in [-0.05, 0) is 24.9 Å². The molecule has 1 aromatic heterocycles. The maximum absolute atomic E-state index is 3.72. The molecule has 0 fully saturated rings. The molecule has 0 aromatic carbocycles. The Kier molecular flexibility index (Phi) is 3.33. The summed E-state index contributed by atoms with van der Waals surface area (Å²) >= 11 is 1.79. The molecular weight excluding hydrogens is 154 g/mol. The van der Waals surface area contributed by atoms with Crippen LogP contribution in [-0.2, 0) is 0 Å². The molecule has 0 aliphatic rings. The average molecular weight is 167 g/mol. The van der Waals surface area contributed by atoms with Crippen LogP contribution < -0.4 is 5.32 Å². The second-order valence-corrected chi connectivity index (χ2v) is 3.36. The van der Waals surface area contributed by atoms with E-state index in [1.54, 1.807) is 11.3 Å². The summed E-state index contributed by atoms with van der Waals surface area (Å²) in [5, 5.41) is 5.34. The summed E-state index contributed by atoms with van der Waals surface area (Å²) in [5.41, 5.74) is 0. The molecule has 1 nitrogen and oxygen atoms in total. The first kappa shape index (κ1) is 8.50. The molecule has 0 radical (unpaired) electrons. The van der Waals surface area contributed by atoms with Crippen LogP contribution in [0.2, 0.25) is 0 Å². The van der Waals surface area contributed by atoms with E-state index in [1.807, 2.05) is 13.1 Å². The third kappa shape index (κ3) is 2.17. The van der Waals surface area contributed by atoms with E-state index in [2.05, 4.69) is 29.4 Å². The minimum atomic E-state index is 0.451. The van der Waals surface area contributed by atoms with Gasteiger partial charge in [0, 0.05) is 10.9 Å². The van der Waals surface area contributed by atoms with Gasteiger partial charge in [-0.3, -0.25) is 0 Å². The summed E-state index contributed by atoms with van der Waals surface area (Å²) in [4.78, 5) is 1.38. The molecule has 11 heavy (non-hydrogen) atoms. The van der Waals surface area contributed by atoms with E-state index in [0.717, 1.165) is 6.42 Å². The van der Waals surface area contributed by atoms with Gasteiger partial charge in [-0.25, -0.2) is 0 Å². The molecule has 0 aliphatic carbocycles. The maximum Gasteiger partial charge on any atom is 0.0447 e. The lowest BCUT2D eigenvalue weighted by Gasteiger charge is -2.10. The zero-order valence-corrected chi connectivity index (χ0v) is 7.53. The van der Waals surface area contributed by atoms with Crippen LogP contribution in [0.3, 0.4) is 0 Å². The van der Waals surface area contributed by atoms with Crippen molar-refractivity contribution < 1.29 is 0 Å². The topological polar surface area (TPSA) is 12.0 Å². The first-order valence-corrected chi connectivity index (χ1v) is 4.58. The Balaban J connectivity index is 2.62. The minimum absolute atomic E-state index is 0.451. The van der Waals surface area contributed by atoms with Gasteiger partial charge in [-0.1, -0.05) is 12.1 Å². The van der Waals surface area contributed by atoms with Crippen molar-refractivity contribution in [1.29, 1.82) is 0 Å². The van der Waals surface area contributed by atoms with Gasteiger partial charge in [0.2, 0.25) is 0 Å². The van der Waals surface area contributed by atoms with Gasteiger partial charge in [-0.15, -0.1) is 17.9 Å². The van der Waals surface area contributed by atoms with Crippen molar-refractivity contribution in [2.75, 3.05) is 7.05 Å². The first-order chi connectivity index (χ1) is 5.38. The minimum Gasteiger partial charge on any atom is -0.312 e. The highest BCUT2D eigenvalue weighted by Crippen LogP contribution is 2.21. The Morgan fingerprint density at radius 2 is 2.64 bits per heavy atom. The van der Waals surface area contributed by atoms with Gasteiger partial charge >= 0.3 is 0 Å². The molecule has 0 saturated heterocycles. The van der Waals surface area contributed by atoms with Crippen LogP contribution in [0.15, 0.2) is 30.2 Å². The van der Waals surface area contributed by atoms with Gasteiger partial charge in [-0.2, -0.15) is 0 Å². The summed E-state index contributed by atoms with van der Waals surface area (Å²) in [6.45, 7) is 3.72. The molecule has 0 saturated carbocycles. The Labute approximate surface area is 71.8 Å². The quantitative estimate of drug-likeness (QED) is 0.680. The second kappa shape index (κ2) is 4.31. The van der Waals surface area contributed by atoms with Crippen molar-refractivity contribution in [2.24, 2.45) is 0 Å². The first-order valence-electron chi connectivity index (χ1n) is 3.70. The molecule has 2 heteroatoms. The zero-order chi connectivity index (χ0) is 8.10. The molecule has 1 unspecified atom stereocenters. The highest BCUT2D eigenvalue weighted by Gasteiger charge is 2.06. The van der Waals surface area contributed by atoms with Gasteiger partial charge < -0.3 is 5.32 Å². The summed E-state index contributed by atoms with van der Waals surface area (Å²) in [6.07, 6.45) is 2.94. The van der Waals surface area contributed by atoms with Gasteiger partial charge in [0.25, 0.3) is 0 Å². The molecule has 1 aromatic rings. The predicted octanol–water partition coefficient (Wildman–Crippen LogP) is 2.58. The molecule has 0 spiro atoms. The lowest BCUT2D eigenvalue weighted by atomic mass is 10.2. The Bertz CT molecular complexity index is 203. The van der Waals surface area contributed by atoms with E-state index in [9.17, 15) is 0 Å². The van der Waals surface area contributed by atoms with E-state index in [-0.39, 0.29) is 0 Å². The van der Waals surface area contributed by atoms with E-state index < -0.39 is 0 Å². The Morgan fingerprint density at radius 3 is 3.09 bits per heavy atom. The van der Waals surface area contributed by atoms with Crippen LogP contribution in [0, 0.1) is 0 Å². The van der Waals surface area contributed by atoms with Gasteiger partial charge in [0.1, 0.15) is 0 Å².